The molecule has 6 nitrogen and oxygen atoms in total. The minimum atomic E-state index is 0.0288. The van der Waals surface area contributed by atoms with Gasteiger partial charge < -0.3 is 14.6 Å². The Hall–Kier alpha value is -2.93. The third kappa shape index (κ3) is 4.31. The summed E-state index contributed by atoms with van der Waals surface area (Å²) < 4.78 is 5.22. The summed E-state index contributed by atoms with van der Waals surface area (Å²) in [6.07, 6.45) is 8.52. The van der Waals surface area contributed by atoms with Gasteiger partial charge in [0.05, 0.1) is 12.0 Å². The molecule has 144 valence electrons. The highest BCUT2D eigenvalue weighted by Gasteiger charge is 2.24. The van der Waals surface area contributed by atoms with E-state index in [0.717, 1.165) is 48.1 Å². The second-order valence-corrected chi connectivity index (χ2v) is 7.68. The molecule has 1 saturated heterocycles. The smallest absolute Gasteiger partial charge is 0.246 e. The van der Waals surface area contributed by atoms with E-state index in [0.29, 0.717) is 11.7 Å². The van der Waals surface area contributed by atoms with Crippen LogP contribution in [0.3, 0.4) is 0 Å². The summed E-state index contributed by atoms with van der Waals surface area (Å²) in [7, 11) is 0. The van der Waals surface area contributed by atoms with Crippen molar-refractivity contribution < 1.29 is 9.21 Å². The monoisotopic (exact) mass is 394 g/mol. The molecule has 1 fully saturated rings. The average molecular weight is 395 g/mol. The summed E-state index contributed by atoms with van der Waals surface area (Å²) in [5.74, 6) is 1.94. The molecule has 3 aromatic heterocycles. The lowest BCUT2D eigenvalue weighted by molar-refractivity contribution is -0.127. The Morgan fingerprint density at radius 1 is 1.32 bits per heavy atom. The third-order valence-electron chi connectivity index (χ3n) is 4.91. The highest BCUT2D eigenvalue weighted by Crippen LogP contribution is 2.31. The zero-order valence-corrected chi connectivity index (χ0v) is 16.5. The molecule has 7 heteroatoms. The van der Waals surface area contributed by atoms with Crippen molar-refractivity contribution >= 4 is 34.3 Å². The van der Waals surface area contributed by atoms with E-state index in [1.807, 2.05) is 36.1 Å². The van der Waals surface area contributed by atoms with Crippen LogP contribution in [0.1, 0.15) is 35.8 Å². The minimum absolute atomic E-state index is 0.0288. The van der Waals surface area contributed by atoms with Crippen LogP contribution in [0.4, 0.5) is 10.9 Å². The molecule has 0 spiro atoms. The molecule has 1 aliphatic heterocycles. The largest absolute Gasteiger partial charge is 0.465 e. The number of rotatable bonds is 5. The molecule has 0 radical (unpaired) electrons. The molecule has 4 rings (SSSR count). The molecule has 0 saturated carbocycles. The summed E-state index contributed by atoms with van der Waals surface area (Å²) in [6, 6.07) is 7.59. The van der Waals surface area contributed by atoms with Crippen LogP contribution in [-0.2, 0) is 4.79 Å². The first-order chi connectivity index (χ1) is 13.7. The summed E-state index contributed by atoms with van der Waals surface area (Å²) in [5.41, 5.74) is 2.19. The first-order valence-corrected chi connectivity index (χ1v) is 10.2. The highest BCUT2D eigenvalue weighted by atomic mass is 32.1. The fourth-order valence-corrected chi connectivity index (χ4v) is 4.08. The lowest BCUT2D eigenvalue weighted by Crippen LogP contribution is -2.36. The van der Waals surface area contributed by atoms with Crippen LogP contribution in [0.15, 0.2) is 52.6 Å². The van der Waals surface area contributed by atoms with E-state index < -0.39 is 0 Å². The van der Waals surface area contributed by atoms with E-state index in [9.17, 15) is 4.79 Å². The fourth-order valence-electron chi connectivity index (χ4n) is 3.29. The molecular weight excluding hydrogens is 372 g/mol. The number of carbonyl (C=O) groups excluding carboxylic acids is 1. The topological polar surface area (TPSA) is 71.3 Å². The number of aromatic nitrogens is 2. The second kappa shape index (κ2) is 8.39. The second-order valence-electron chi connectivity index (χ2n) is 6.82. The molecule has 0 unspecified atom stereocenters. The molecule has 1 N–H and O–H groups in total. The van der Waals surface area contributed by atoms with Crippen molar-refractivity contribution in [3.05, 3.63) is 65.2 Å². The van der Waals surface area contributed by atoms with Crippen molar-refractivity contribution in [2.75, 3.05) is 18.4 Å². The Morgan fingerprint density at radius 3 is 2.93 bits per heavy atom. The summed E-state index contributed by atoms with van der Waals surface area (Å²) in [4.78, 5) is 23.3. The Balaban J connectivity index is 1.32. The van der Waals surface area contributed by atoms with E-state index in [2.05, 4.69) is 15.7 Å². The number of aryl methyl sites for hydroxylation is 1. The molecule has 1 aliphatic rings. The van der Waals surface area contributed by atoms with Gasteiger partial charge in [-0.1, -0.05) is 6.07 Å². The number of piperidine rings is 1. The molecular formula is C21H22N4O2S. The van der Waals surface area contributed by atoms with Crippen LogP contribution in [0, 0.1) is 6.92 Å². The summed E-state index contributed by atoms with van der Waals surface area (Å²) >= 11 is 1.60. The fraction of sp³-hybridized carbons (Fsp3) is 0.286. The van der Waals surface area contributed by atoms with Gasteiger partial charge in [0.1, 0.15) is 11.6 Å². The van der Waals surface area contributed by atoms with Crippen molar-refractivity contribution in [3.8, 4) is 0 Å². The van der Waals surface area contributed by atoms with E-state index in [1.165, 1.54) is 0 Å². The maximum Gasteiger partial charge on any atom is 0.246 e. The number of nitrogens with one attached hydrogen (secondary N) is 1. The molecule has 4 heterocycles. The Kier molecular flexibility index (Phi) is 5.53. The number of hydrogen-bond donors (Lipinski definition) is 1. The third-order valence-corrected chi connectivity index (χ3v) is 5.69. The zero-order chi connectivity index (χ0) is 19.3. The SMILES string of the molecule is Cc1cccnc1Nc1nc(C2CCN(C(=O)C=Cc3ccco3)CC2)cs1. The van der Waals surface area contributed by atoms with Crippen molar-refractivity contribution in [2.24, 2.45) is 0 Å². The van der Waals surface area contributed by atoms with E-state index in [-0.39, 0.29) is 5.91 Å². The van der Waals surface area contributed by atoms with E-state index in [1.54, 1.807) is 35.9 Å². The maximum absolute atomic E-state index is 12.3. The number of carbonyl (C=O) groups is 1. The summed E-state index contributed by atoms with van der Waals surface area (Å²) in [6.45, 7) is 3.51. The predicted octanol–water partition coefficient (Wildman–Crippen LogP) is 4.60. The molecule has 0 bridgehead atoms. The van der Waals surface area contributed by atoms with Crippen LogP contribution in [0.25, 0.3) is 6.08 Å². The quantitative estimate of drug-likeness (QED) is 0.640. The predicted molar refractivity (Wildman–Crippen MR) is 111 cm³/mol. The Morgan fingerprint density at radius 2 is 2.18 bits per heavy atom. The van der Waals surface area contributed by atoms with Crippen LogP contribution in [0.2, 0.25) is 0 Å². The normalized spacial score (nSPS) is 15.2. The minimum Gasteiger partial charge on any atom is -0.465 e. The highest BCUT2D eigenvalue weighted by molar-refractivity contribution is 7.13. The first-order valence-electron chi connectivity index (χ1n) is 9.33. The van der Waals surface area contributed by atoms with Crippen molar-refractivity contribution in [3.63, 3.8) is 0 Å². The van der Waals surface area contributed by atoms with Gasteiger partial charge in [0.2, 0.25) is 5.91 Å². The maximum atomic E-state index is 12.3. The lowest BCUT2D eigenvalue weighted by atomic mass is 9.94. The number of pyridine rings is 1. The van der Waals surface area contributed by atoms with Crippen LogP contribution >= 0.6 is 11.3 Å². The van der Waals surface area contributed by atoms with Crippen LogP contribution in [-0.4, -0.2) is 33.9 Å². The molecule has 3 aromatic rings. The number of amides is 1. The average Bonchev–Trinajstić information content (AvgIpc) is 3.40. The Labute approximate surface area is 167 Å². The van der Waals surface area contributed by atoms with E-state index in [4.69, 9.17) is 9.40 Å². The van der Waals surface area contributed by atoms with Gasteiger partial charge in [-0.15, -0.1) is 11.3 Å². The molecule has 1 amide bonds. The molecule has 0 aromatic carbocycles. The number of nitrogens with zero attached hydrogens (tertiary/aromatic N) is 3. The number of thiazole rings is 1. The number of furan rings is 1. The van der Waals surface area contributed by atoms with Crippen LogP contribution in [0.5, 0.6) is 0 Å². The van der Waals surface area contributed by atoms with Gasteiger partial charge in [-0.2, -0.15) is 0 Å². The van der Waals surface area contributed by atoms with Crippen molar-refractivity contribution in [1.29, 1.82) is 0 Å². The Bertz CT molecular complexity index is 956. The van der Waals surface area contributed by atoms with Crippen LogP contribution < -0.4 is 5.32 Å². The van der Waals surface area contributed by atoms with Gasteiger partial charge in [-0.05, 0) is 49.6 Å². The van der Waals surface area contributed by atoms with Crippen molar-refractivity contribution in [1.82, 2.24) is 14.9 Å². The molecule has 0 atom stereocenters. The van der Waals surface area contributed by atoms with Gasteiger partial charge in [0, 0.05) is 36.7 Å². The van der Waals surface area contributed by atoms with Gasteiger partial charge in [0.25, 0.3) is 0 Å². The summed E-state index contributed by atoms with van der Waals surface area (Å²) in [5, 5.41) is 6.27. The lowest BCUT2D eigenvalue weighted by Gasteiger charge is -2.30. The van der Waals surface area contributed by atoms with E-state index >= 15 is 0 Å². The standard InChI is InChI=1S/C21H22N4O2S/c1-15-4-2-10-22-20(15)24-21-23-18(14-28-21)16-8-11-25(12-9-16)19(26)7-6-17-5-3-13-27-17/h2-7,10,13-14,16H,8-9,11-12H2,1H3,(H,22,23,24). The zero-order valence-electron chi connectivity index (χ0n) is 15.7. The molecule has 0 aliphatic carbocycles. The number of hydrogen-bond acceptors (Lipinski definition) is 6. The van der Waals surface area contributed by atoms with Gasteiger partial charge in [-0.3, -0.25) is 4.79 Å². The number of anilines is 2. The van der Waals surface area contributed by atoms with Gasteiger partial charge in [0.15, 0.2) is 5.13 Å². The first kappa shape index (κ1) is 18.4. The van der Waals surface area contributed by atoms with Gasteiger partial charge in [-0.25, -0.2) is 9.97 Å². The van der Waals surface area contributed by atoms with Gasteiger partial charge >= 0.3 is 0 Å². The van der Waals surface area contributed by atoms with Crippen molar-refractivity contribution in [2.45, 2.75) is 25.7 Å². The number of likely N-dealkylation sites (tertiary alicyclic amines) is 1. The molecule has 28 heavy (non-hydrogen) atoms.